The lowest BCUT2D eigenvalue weighted by Crippen LogP contribution is -2.47. The highest BCUT2D eigenvalue weighted by Gasteiger charge is 2.42. The fourth-order valence-corrected chi connectivity index (χ4v) is 5.22. The lowest BCUT2D eigenvalue weighted by atomic mass is 10.0. The molecule has 2 aromatic rings. The van der Waals surface area contributed by atoms with E-state index in [-0.39, 0.29) is 27.1 Å². The van der Waals surface area contributed by atoms with E-state index < -0.39 is 21.8 Å². The van der Waals surface area contributed by atoms with Crippen LogP contribution in [0.4, 0.5) is 0 Å². The van der Waals surface area contributed by atoms with Gasteiger partial charge >= 0.3 is 0 Å². The van der Waals surface area contributed by atoms with E-state index in [9.17, 15) is 18.0 Å². The molecule has 2 aliphatic heterocycles. The van der Waals surface area contributed by atoms with Crippen LogP contribution in [0.1, 0.15) is 39.1 Å². The number of nitrogens with zero attached hydrogens (tertiary/aromatic N) is 2. The summed E-state index contributed by atoms with van der Waals surface area (Å²) in [5.74, 6) is -0.957. The number of hydrogen-bond donors (Lipinski definition) is 1. The van der Waals surface area contributed by atoms with Crippen LogP contribution in [0.5, 0.6) is 0 Å². The first kappa shape index (κ1) is 21.3. The molecule has 158 valence electrons. The summed E-state index contributed by atoms with van der Waals surface area (Å²) < 4.78 is 23.4. The lowest BCUT2D eigenvalue weighted by molar-refractivity contribution is 0.0498. The van der Waals surface area contributed by atoms with Gasteiger partial charge in [-0.3, -0.25) is 19.4 Å². The summed E-state index contributed by atoms with van der Waals surface area (Å²) in [4.78, 5) is 28.9. The van der Waals surface area contributed by atoms with Crippen molar-refractivity contribution < 1.29 is 18.0 Å². The normalized spacial score (nSPS) is 18.2. The number of halogens is 2. The third-order valence-electron chi connectivity index (χ3n) is 5.52. The standard InChI is InChI=1S/C20H19Cl2N3O4S/c21-13-3-1-12(2-4-13)11-24-7-5-14(6-8-24)25-19(26)15-9-17(22)18(30(23,28)29)10-16(15)20(25)27/h1-4,9-10,14H,5-8,11H2,(H2,23,28,29). The van der Waals surface area contributed by atoms with Gasteiger partial charge in [0, 0.05) is 30.7 Å². The van der Waals surface area contributed by atoms with Gasteiger partial charge in [0.05, 0.1) is 16.1 Å². The molecule has 0 spiro atoms. The van der Waals surface area contributed by atoms with Gasteiger partial charge in [-0.1, -0.05) is 35.3 Å². The minimum Gasteiger partial charge on any atom is -0.299 e. The SMILES string of the molecule is NS(=O)(=O)c1cc2c(cc1Cl)C(=O)N(C1CCN(Cc3ccc(Cl)cc3)CC1)C2=O. The molecule has 2 aromatic carbocycles. The minimum atomic E-state index is -4.11. The van der Waals surface area contributed by atoms with Gasteiger partial charge in [-0.15, -0.1) is 0 Å². The van der Waals surface area contributed by atoms with Gasteiger partial charge < -0.3 is 0 Å². The van der Waals surface area contributed by atoms with E-state index in [1.807, 2.05) is 24.3 Å². The summed E-state index contributed by atoms with van der Waals surface area (Å²) >= 11 is 11.9. The molecule has 2 heterocycles. The molecular weight excluding hydrogens is 449 g/mol. The Bertz CT molecular complexity index is 1130. The van der Waals surface area contributed by atoms with E-state index in [0.717, 1.165) is 31.3 Å². The van der Waals surface area contributed by atoms with E-state index in [0.29, 0.717) is 17.9 Å². The van der Waals surface area contributed by atoms with Crippen LogP contribution in [-0.4, -0.2) is 49.2 Å². The fourth-order valence-electron chi connectivity index (χ4n) is 3.99. The molecule has 2 aliphatic rings. The van der Waals surface area contributed by atoms with Crippen LogP contribution >= 0.6 is 23.2 Å². The maximum atomic E-state index is 12.9. The molecule has 2 amide bonds. The molecule has 7 nitrogen and oxygen atoms in total. The molecular formula is C20H19Cl2N3O4S. The van der Waals surface area contributed by atoms with Gasteiger partial charge in [0.1, 0.15) is 4.90 Å². The molecule has 2 N–H and O–H groups in total. The first-order valence-corrected chi connectivity index (χ1v) is 11.7. The van der Waals surface area contributed by atoms with E-state index >= 15 is 0 Å². The number of rotatable bonds is 4. The molecule has 0 unspecified atom stereocenters. The summed E-state index contributed by atoms with van der Waals surface area (Å²) in [6.07, 6.45) is 1.27. The molecule has 10 heteroatoms. The van der Waals surface area contributed by atoms with Gasteiger partial charge in [-0.25, -0.2) is 13.6 Å². The Morgan fingerprint density at radius 1 is 0.967 bits per heavy atom. The Labute approximate surface area is 184 Å². The second-order valence-corrected chi connectivity index (χ2v) is 9.86. The number of carbonyl (C=O) groups excluding carboxylic acids is 2. The number of benzene rings is 2. The Morgan fingerprint density at radius 2 is 1.53 bits per heavy atom. The number of hydrogen-bond acceptors (Lipinski definition) is 5. The number of likely N-dealkylation sites (tertiary alicyclic amines) is 1. The molecule has 1 fully saturated rings. The van der Waals surface area contributed by atoms with E-state index in [1.54, 1.807) is 0 Å². The summed E-state index contributed by atoms with van der Waals surface area (Å²) in [6.45, 7) is 2.22. The zero-order valence-electron chi connectivity index (χ0n) is 15.8. The van der Waals surface area contributed by atoms with Gasteiger partial charge in [-0.2, -0.15) is 0 Å². The van der Waals surface area contributed by atoms with Gasteiger partial charge in [0.2, 0.25) is 10.0 Å². The first-order valence-electron chi connectivity index (χ1n) is 9.36. The molecule has 0 radical (unpaired) electrons. The van der Waals surface area contributed by atoms with Crippen molar-refractivity contribution in [2.45, 2.75) is 30.3 Å². The van der Waals surface area contributed by atoms with Crippen molar-refractivity contribution in [1.29, 1.82) is 0 Å². The molecule has 30 heavy (non-hydrogen) atoms. The molecule has 0 atom stereocenters. The van der Waals surface area contributed by atoms with E-state index in [4.69, 9.17) is 28.3 Å². The number of sulfonamides is 1. The van der Waals surface area contributed by atoms with Crippen LogP contribution in [0.15, 0.2) is 41.3 Å². The number of primary sulfonamides is 1. The fraction of sp³-hybridized carbons (Fsp3) is 0.300. The predicted molar refractivity (Wildman–Crippen MR) is 113 cm³/mol. The van der Waals surface area contributed by atoms with Crippen molar-refractivity contribution in [3.8, 4) is 0 Å². The average Bonchev–Trinajstić information content (AvgIpc) is 2.93. The molecule has 0 bridgehead atoms. The van der Waals surface area contributed by atoms with Crippen LogP contribution < -0.4 is 5.14 Å². The van der Waals surface area contributed by atoms with Crippen molar-refractivity contribution in [3.05, 3.63) is 63.1 Å². The van der Waals surface area contributed by atoms with E-state index in [1.165, 1.54) is 11.0 Å². The minimum absolute atomic E-state index is 0.0250. The lowest BCUT2D eigenvalue weighted by Gasteiger charge is -2.35. The maximum absolute atomic E-state index is 12.9. The van der Waals surface area contributed by atoms with Gasteiger partial charge in [-0.05, 0) is 42.7 Å². The predicted octanol–water partition coefficient (Wildman–Crippen LogP) is 2.90. The van der Waals surface area contributed by atoms with Crippen molar-refractivity contribution >= 4 is 45.0 Å². The topological polar surface area (TPSA) is 101 Å². The Kier molecular flexibility index (Phi) is 5.63. The highest BCUT2D eigenvalue weighted by molar-refractivity contribution is 7.89. The smallest absolute Gasteiger partial charge is 0.261 e. The highest BCUT2D eigenvalue weighted by Crippen LogP contribution is 2.33. The first-order chi connectivity index (χ1) is 14.1. The Morgan fingerprint density at radius 3 is 2.10 bits per heavy atom. The number of piperidine rings is 1. The van der Waals surface area contributed by atoms with Crippen molar-refractivity contribution in [2.24, 2.45) is 5.14 Å². The number of amides is 2. The third-order valence-corrected chi connectivity index (χ3v) is 7.15. The van der Waals surface area contributed by atoms with Crippen LogP contribution in [0.3, 0.4) is 0 Å². The molecule has 4 rings (SSSR count). The summed E-state index contributed by atoms with van der Waals surface area (Å²) in [5.41, 5.74) is 1.28. The summed E-state index contributed by atoms with van der Waals surface area (Å²) in [5, 5.41) is 5.68. The van der Waals surface area contributed by atoms with Crippen molar-refractivity contribution in [2.75, 3.05) is 13.1 Å². The van der Waals surface area contributed by atoms with Crippen molar-refractivity contribution in [1.82, 2.24) is 9.80 Å². The third kappa shape index (κ3) is 3.98. The largest absolute Gasteiger partial charge is 0.299 e. The Hall–Kier alpha value is -1.97. The number of fused-ring (bicyclic) bond motifs is 1. The molecule has 1 saturated heterocycles. The summed E-state index contributed by atoms with van der Waals surface area (Å²) in [6, 6.07) is 9.72. The number of nitrogens with two attached hydrogens (primary N) is 1. The van der Waals surface area contributed by atoms with Crippen molar-refractivity contribution in [3.63, 3.8) is 0 Å². The highest BCUT2D eigenvalue weighted by atomic mass is 35.5. The maximum Gasteiger partial charge on any atom is 0.261 e. The number of carbonyl (C=O) groups is 2. The van der Waals surface area contributed by atoms with Crippen LogP contribution in [-0.2, 0) is 16.6 Å². The van der Waals surface area contributed by atoms with Crippen LogP contribution in [0.2, 0.25) is 10.0 Å². The number of imide groups is 1. The zero-order chi connectivity index (χ0) is 21.6. The summed E-state index contributed by atoms with van der Waals surface area (Å²) in [7, 11) is -4.11. The van der Waals surface area contributed by atoms with E-state index in [2.05, 4.69) is 4.90 Å². The second-order valence-electron chi connectivity index (χ2n) is 7.49. The molecule has 0 aromatic heterocycles. The molecule has 0 saturated carbocycles. The van der Waals surface area contributed by atoms with Gasteiger partial charge in [0.25, 0.3) is 11.8 Å². The average molecular weight is 468 g/mol. The van der Waals surface area contributed by atoms with Crippen LogP contribution in [0, 0.1) is 0 Å². The Balaban J connectivity index is 1.48. The monoisotopic (exact) mass is 467 g/mol. The quantitative estimate of drug-likeness (QED) is 0.696. The second kappa shape index (κ2) is 7.94. The van der Waals surface area contributed by atoms with Crippen LogP contribution in [0.25, 0.3) is 0 Å². The van der Waals surface area contributed by atoms with Gasteiger partial charge in [0.15, 0.2) is 0 Å². The molecule has 0 aliphatic carbocycles. The zero-order valence-corrected chi connectivity index (χ0v) is 18.2.